The van der Waals surface area contributed by atoms with Gasteiger partial charge in [-0.05, 0) is 36.0 Å². The number of nitrogens with zero attached hydrogens (tertiary/aromatic N) is 2. The number of hydrogen-bond acceptors (Lipinski definition) is 6. The Balaban J connectivity index is 1.50. The van der Waals surface area contributed by atoms with Crippen LogP contribution in [0, 0.1) is 0 Å². The first-order valence-corrected chi connectivity index (χ1v) is 13.8. The van der Waals surface area contributed by atoms with E-state index >= 15 is 0 Å². The zero-order valence-corrected chi connectivity index (χ0v) is 23.0. The number of carboxylic acids is 1. The van der Waals surface area contributed by atoms with Gasteiger partial charge in [0.2, 0.25) is 5.91 Å². The standard InChI is InChI=1S/C32H35N3O6/c1-2-26(29(36)35-28(30(37)38)21-34(32(35)40)20-24-14-8-4-9-15-24)33-27(19-18-23-12-6-3-7-13-23)31(39)41-22-25-16-10-5-11-17-25/h3-17,26-28,33H,2,18-22H2,1H3,(H,37,38)/t26-,27-,28-/m0/s1. The first-order chi connectivity index (χ1) is 19.9. The van der Waals surface area contributed by atoms with Crippen LogP contribution in [0.2, 0.25) is 0 Å². The van der Waals surface area contributed by atoms with Crippen LogP contribution in [0.5, 0.6) is 0 Å². The molecule has 4 rings (SSSR count). The molecule has 1 aliphatic rings. The van der Waals surface area contributed by atoms with Crippen LogP contribution in [-0.4, -0.2) is 63.5 Å². The van der Waals surface area contributed by atoms with E-state index in [9.17, 15) is 24.3 Å². The van der Waals surface area contributed by atoms with E-state index in [1.165, 1.54) is 4.90 Å². The second kappa shape index (κ2) is 14.2. The number of esters is 1. The molecule has 9 nitrogen and oxygen atoms in total. The largest absolute Gasteiger partial charge is 0.480 e. The van der Waals surface area contributed by atoms with Crippen molar-refractivity contribution in [2.45, 2.75) is 57.5 Å². The number of nitrogens with one attached hydrogen (secondary N) is 1. The molecule has 0 bridgehead atoms. The number of imide groups is 1. The van der Waals surface area contributed by atoms with Gasteiger partial charge in [0.05, 0.1) is 12.6 Å². The number of urea groups is 1. The number of aryl methyl sites for hydroxylation is 1. The number of carboxylic acid groups (broad SMARTS) is 1. The molecule has 9 heteroatoms. The highest BCUT2D eigenvalue weighted by Crippen LogP contribution is 2.22. The Labute approximate surface area is 239 Å². The molecule has 0 aliphatic carbocycles. The van der Waals surface area contributed by atoms with Crippen LogP contribution in [0.25, 0.3) is 0 Å². The maximum atomic E-state index is 13.7. The molecule has 3 aromatic carbocycles. The Morgan fingerprint density at radius 1 is 0.878 bits per heavy atom. The van der Waals surface area contributed by atoms with Gasteiger partial charge in [-0.1, -0.05) is 97.9 Å². The third-order valence-electron chi connectivity index (χ3n) is 7.10. The average Bonchev–Trinajstić information content (AvgIpc) is 3.33. The Hall–Kier alpha value is -4.50. The Kier molecular flexibility index (Phi) is 10.2. The van der Waals surface area contributed by atoms with E-state index in [1.54, 1.807) is 6.92 Å². The zero-order valence-electron chi connectivity index (χ0n) is 23.0. The predicted octanol–water partition coefficient (Wildman–Crippen LogP) is 4.02. The molecule has 1 saturated heterocycles. The second-order valence-electron chi connectivity index (χ2n) is 10.0. The summed E-state index contributed by atoms with van der Waals surface area (Å²) in [6.45, 7) is 1.88. The molecule has 0 unspecified atom stereocenters. The lowest BCUT2D eigenvalue weighted by Gasteiger charge is -2.27. The van der Waals surface area contributed by atoms with Crippen LogP contribution in [0.15, 0.2) is 91.0 Å². The van der Waals surface area contributed by atoms with E-state index < -0.39 is 42.0 Å². The zero-order chi connectivity index (χ0) is 29.2. The quantitative estimate of drug-likeness (QED) is 0.305. The van der Waals surface area contributed by atoms with Gasteiger partial charge in [-0.15, -0.1) is 0 Å². The van der Waals surface area contributed by atoms with Gasteiger partial charge in [0.15, 0.2) is 6.04 Å². The Morgan fingerprint density at radius 3 is 2.00 bits per heavy atom. The fourth-order valence-electron chi connectivity index (χ4n) is 4.86. The number of amides is 3. The molecular weight excluding hydrogens is 522 g/mol. The van der Waals surface area contributed by atoms with E-state index in [-0.39, 0.29) is 26.1 Å². The number of carbonyl (C=O) groups is 4. The fourth-order valence-corrected chi connectivity index (χ4v) is 4.86. The highest BCUT2D eigenvalue weighted by Gasteiger charge is 2.47. The number of rotatable bonds is 13. The van der Waals surface area contributed by atoms with Crippen molar-refractivity contribution in [2.75, 3.05) is 6.54 Å². The highest BCUT2D eigenvalue weighted by molar-refractivity contribution is 6.03. The van der Waals surface area contributed by atoms with E-state index in [1.807, 2.05) is 91.0 Å². The Morgan fingerprint density at radius 2 is 1.44 bits per heavy atom. The van der Waals surface area contributed by atoms with Gasteiger partial charge < -0.3 is 14.7 Å². The van der Waals surface area contributed by atoms with Crippen LogP contribution in [-0.2, 0) is 38.7 Å². The summed E-state index contributed by atoms with van der Waals surface area (Å²) in [6.07, 6.45) is 1.13. The first kappa shape index (κ1) is 29.5. The third-order valence-corrected chi connectivity index (χ3v) is 7.10. The maximum absolute atomic E-state index is 13.7. The van der Waals surface area contributed by atoms with E-state index in [0.29, 0.717) is 12.8 Å². The van der Waals surface area contributed by atoms with Gasteiger partial charge >= 0.3 is 18.0 Å². The molecule has 1 fully saturated rings. The van der Waals surface area contributed by atoms with Crippen molar-refractivity contribution in [1.29, 1.82) is 0 Å². The van der Waals surface area contributed by atoms with Crippen molar-refractivity contribution in [1.82, 2.24) is 15.1 Å². The van der Waals surface area contributed by atoms with Crippen LogP contribution < -0.4 is 5.32 Å². The molecule has 0 saturated carbocycles. The lowest BCUT2D eigenvalue weighted by molar-refractivity contribution is -0.150. The summed E-state index contributed by atoms with van der Waals surface area (Å²) in [5, 5.41) is 13.0. The van der Waals surface area contributed by atoms with Crippen LogP contribution >= 0.6 is 0 Å². The molecule has 0 spiro atoms. The van der Waals surface area contributed by atoms with Gasteiger partial charge in [-0.25, -0.2) is 14.5 Å². The lowest BCUT2D eigenvalue weighted by Crippen LogP contribution is -2.55. The third kappa shape index (κ3) is 7.79. The minimum atomic E-state index is -1.33. The minimum Gasteiger partial charge on any atom is -0.480 e. The topological polar surface area (TPSA) is 116 Å². The number of hydrogen-bond donors (Lipinski definition) is 2. The summed E-state index contributed by atoms with van der Waals surface area (Å²) < 4.78 is 5.60. The molecule has 2 N–H and O–H groups in total. The van der Waals surface area contributed by atoms with Gasteiger partial charge in [0.1, 0.15) is 12.6 Å². The average molecular weight is 558 g/mol. The van der Waals surface area contributed by atoms with Crippen LogP contribution in [0.4, 0.5) is 4.79 Å². The summed E-state index contributed by atoms with van der Waals surface area (Å²) in [6, 6.07) is 24.3. The second-order valence-corrected chi connectivity index (χ2v) is 10.0. The van der Waals surface area contributed by atoms with Crippen LogP contribution in [0.1, 0.15) is 36.5 Å². The summed E-state index contributed by atoms with van der Waals surface area (Å²) in [4.78, 5) is 54.6. The molecule has 41 heavy (non-hydrogen) atoms. The molecule has 1 aliphatic heterocycles. The van der Waals surface area contributed by atoms with Crippen molar-refractivity contribution >= 4 is 23.9 Å². The van der Waals surface area contributed by atoms with Crippen molar-refractivity contribution in [3.05, 3.63) is 108 Å². The molecule has 3 amide bonds. The van der Waals surface area contributed by atoms with Gasteiger partial charge in [0, 0.05) is 6.54 Å². The number of benzene rings is 3. The molecule has 214 valence electrons. The normalized spacial score (nSPS) is 16.3. The van der Waals surface area contributed by atoms with E-state index in [2.05, 4.69) is 5.32 Å². The fraction of sp³-hybridized carbons (Fsp3) is 0.312. The lowest BCUT2D eigenvalue weighted by atomic mass is 10.0. The SMILES string of the molecule is CC[C@H](N[C@@H](CCc1ccccc1)C(=O)OCc1ccccc1)C(=O)N1C(=O)N(Cc2ccccc2)C[C@H]1C(=O)O. The van der Waals surface area contributed by atoms with Gasteiger partial charge in [0.25, 0.3) is 0 Å². The number of ether oxygens (including phenoxy) is 1. The van der Waals surface area contributed by atoms with Crippen molar-refractivity contribution in [3.8, 4) is 0 Å². The molecule has 0 radical (unpaired) electrons. The highest BCUT2D eigenvalue weighted by atomic mass is 16.5. The number of aliphatic carboxylic acids is 1. The van der Waals surface area contributed by atoms with Crippen molar-refractivity contribution in [2.24, 2.45) is 0 Å². The van der Waals surface area contributed by atoms with Gasteiger partial charge in [-0.2, -0.15) is 0 Å². The van der Waals surface area contributed by atoms with Crippen molar-refractivity contribution < 1.29 is 29.0 Å². The molecule has 3 atom stereocenters. The van der Waals surface area contributed by atoms with E-state index in [0.717, 1.165) is 21.6 Å². The van der Waals surface area contributed by atoms with Gasteiger partial charge in [-0.3, -0.25) is 14.9 Å². The van der Waals surface area contributed by atoms with Crippen molar-refractivity contribution in [3.63, 3.8) is 0 Å². The minimum absolute atomic E-state index is 0.0775. The molecule has 1 heterocycles. The molecule has 3 aromatic rings. The first-order valence-electron chi connectivity index (χ1n) is 13.8. The Bertz CT molecular complexity index is 1320. The summed E-state index contributed by atoms with van der Waals surface area (Å²) in [7, 11) is 0. The summed E-state index contributed by atoms with van der Waals surface area (Å²) >= 11 is 0. The number of carbonyl (C=O) groups excluding carboxylic acids is 3. The summed E-state index contributed by atoms with van der Waals surface area (Å²) in [5.74, 6) is -2.47. The summed E-state index contributed by atoms with van der Waals surface area (Å²) in [5.41, 5.74) is 2.68. The van der Waals surface area contributed by atoms with Crippen LogP contribution in [0.3, 0.4) is 0 Å². The smallest absolute Gasteiger partial charge is 0.328 e. The van der Waals surface area contributed by atoms with E-state index in [4.69, 9.17) is 4.74 Å². The monoisotopic (exact) mass is 557 g/mol. The predicted molar refractivity (Wildman–Crippen MR) is 153 cm³/mol. The molecule has 0 aromatic heterocycles. The maximum Gasteiger partial charge on any atom is 0.328 e. The molecular formula is C32H35N3O6.